The molecule has 1 heterocycles. The second-order valence-corrected chi connectivity index (χ2v) is 3.71. The van der Waals surface area contributed by atoms with Gasteiger partial charge in [0.05, 0.1) is 18.8 Å². The maximum Gasteiger partial charge on any atom is 0.0878 e. The Morgan fingerprint density at radius 1 is 1.67 bits per heavy atom. The lowest BCUT2D eigenvalue weighted by Gasteiger charge is -2.35. The van der Waals surface area contributed by atoms with Crippen molar-refractivity contribution >= 4 is 0 Å². The average Bonchev–Trinajstić information content (AvgIpc) is 2.30. The number of nitrogens with zero attached hydrogens (tertiary/aromatic N) is 1. The minimum atomic E-state index is 0.131. The van der Waals surface area contributed by atoms with Crippen LogP contribution in [0.3, 0.4) is 0 Å². The van der Waals surface area contributed by atoms with Gasteiger partial charge in [0.25, 0.3) is 0 Å². The van der Waals surface area contributed by atoms with E-state index in [4.69, 9.17) is 10.6 Å². The van der Waals surface area contributed by atoms with Crippen molar-refractivity contribution in [2.45, 2.75) is 32.4 Å². The van der Waals surface area contributed by atoms with E-state index in [2.05, 4.69) is 29.1 Å². The number of nitrogens with one attached hydrogen (secondary N) is 1. The van der Waals surface area contributed by atoms with E-state index in [0.717, 1.165) is 32.7 Å². The molecule has 0 saturated carbocycles. The molecule has 0 aromatic carbocycles. The molecule has 0 aromatic rings. The zero-order valence-electron chi connectivity index (χ0n) is 9.62. The highest BCUT2D eigenvalue weighted by Gasteiger charge is 2.26. The van der Waals surface area contributed by atoms with E-state index in [9.17, 15) is 0 Å². The number of hydrogen-bond donors (Lipinski definition) is 2. The highest BCUT2D eigenvalue weighted by molar-refractivity contribution is 5.00. The van der Waals surface area contributed by atoms with Crippen LogP contribution in [-0.2, 0) is 4.74 Å². The lowest BCUT2D eigenvalue weighted by Crippen LogP contribution is -2.53. The van der Waals surface area contributed by atoms with Crippen LogP contribution in [0.15, 0.2) is 0 Å². The van der Waals surface area contributed by atoms with Crippen LogP contribution in [0.5, 0.6) is 0 Å². The molecule has 2 unspecified atom stereocenters. The van der Waals surface area contributed by atoms with Crippen LogP contribution in [0.2, 0.25) is 0 Å². The third-order valence-electron chi connectivity index (χ3n) is 2.79. The SMILES string of the molecule is CC#CCC(NN)C1CN(CC)CCO1. The minimum Gasteiger partial charge on any atom is -0.374 e. The first kappa shape index (κ1) is 12.5. The molecule has 0 aliphatic carbocycles. The first-order valence-electron chi connectivity index (χ1n) is 5.51. The number of morpholine rings is 1. The predicted molar refractivity (Wildman–Crippen MR) is 61.0 cm³/mol. The third kappa shape index (κ3) is 3.80. The molecule has 4 heteroatoms. The normalized spacial score (nSPS) is 24.3. The summed E-state index contributed by atoms with van der Waals surface area (Å²) in [6.07, 6.45) is 0.902. The molecule has 0 spiro atoms. The lowest BCUT2D eigenvalue weighted by atomic mass is 10.1. The number of likely N-dealkylation sites (N-methyl/N-ethyl adjacent to an activating group) is 1. The number of ether oxygens (including phenoxy) is 1. The largest absolute Gasteiger partial charge is 0.374 e. The Morgan fingerprint density at radius 2 is 2.47 bits per heavy atom. The molecule has 15 heavy (non-hydrogen) atoms. The van der Waals surface area contributed by atoms with Crippen molar-refractivity contribution in [1.82, 2.24) is 10.3 Å². The Hall–Kier alpha value is -0.600. The average molecular weight is 211 g/mol. The Morgan fingerprint density at radius 3 is 3.07 bits per heavy atom. The van der Waals surface area contributed by atoms with Crippen molar-refractivity contribution in [2.75, 3.05) is 26.2 Å². The van der Waals surface area contributed by atoms with Crippen LogP contribution in [0, 0.1) is 11.8 Å². The van der Waals surface area contributed by atoms with E-state index in [1.54, 1.807) is 0 Å². The Balaban J connectivity index is 2.46. The van der Waals surface area contributed by atoms with Gasteiger partial charge in [0, 0.05) is 19.5 Å². The van der Waals surface area contributed by atoms with Crippen molar-refractivity contribution < 1.29 is 4.74 Å². The van der Waals surface area contributed by atoms with Crippen molar-refractivity contribution in [2.24, 2.45) is 5.84 Å². The number of hydrazine groups is 1. The molecular weight excluding hydrogens is 190 g/mol. The topological polar surface area (TPSA) is 50.5 Å². The molecule has 1 fully saturated rings. The first-order valence-corrected chi connectivity index (χ1v) is 5.51. The molecule has 1 saturated heterocycles. The molecule has 0 bridgehead atoms. The van der Waals surface area contributed by atoms with Crippen molar-refractivity contribution in [3.8, 4) is 11.8 Å². The monoisotopic (exact) mass is 211 g/mol. The number of hydrogen-bond acceptors (Lipinski definition) is 4. The molecule has 1 aliphatic heterocycles. The van der Waals surface area contributed by atoms with Gasteiger partial charge in [-0.3, -0.25) is 16.2 Å². The summed E-state index contributed by atoms with van der Waals surface area (Å²) in [6, 6.07) is 0.131. The lowest BCUT2D eigenvalue weighted by molar-refractivity contribution is -0.0440. The molecule has 1 aliphatic rings. The molecule has 0 aromatic heterocycles. The zero-order valence-corrected chi connectivity index (χ0v) is 9.62. The van der Waals surface area contributed by atoms with Crippen molar-refractivity contribution in [1.29, 1.82) is 0 Å². The summed E-state index contributed by atoms with van der Waals surface area (Å²) in [5.74, 6) is 11.4. The summed E-state index contributed by atoms with van der Waals surface area (Å²) >= 11 is 0. The first-order chi connectivity index (χ1) is 7.31. The van der Waals surface area contributed by atoms with Crippen LogP contribution in [-0.4, -0.2) is 43.3 Å². The van der Waals surface area contributed by atoms with Crippen LogP contribution in [0.1, 0.15) is 20.3 Å². The summed E-state index contributed by atoms with van der Waals surface area (Å²) in [6.45, 7) is 7.82. The van der Waals surface area contributed by atoms with Crippen LogP contribution >= 0.6 is 0 Å². The summed E-state index contributed by atoms with van der Waals surface area (Å²) in [7, 11) is 0. The zero-order chi connectivity index (χ0) is 11.1. The summed E-state index contributed by atoms with van der Waals surface area (Å²) in [5.41, 5.74) is 2.80. The van der Waals surface area contributed by atoms with E-state index in [-0.39, 0.29) is 12.1 Å². The van der Waals surface area contributed by atoms with Gasteiger partial charge in [0.2, 0.25) is 0 Å². The van der Waals surface area contributed by atoms with E-state index in [1.807, 2.05) is 6.92 Å². The van der Waals surface area contributed by atoms with Crippen molar-refractivity contribution in [3.05, 3.63) is 0 Å². The number of rotatable bonds is 4. The van der Waals surface area contributed by atoms with E-state index < -0.39 is 0 Å². The highest BCUT2D eigenvalue weighted by Crippen LogP contribution is 2.10. The van der Waals surface area contributed by atoms with Gasteiger partial charge in [-0.05, 0) is 13.5 Å². The third-order valence-corrected chi connectivity index (χ3v) is 2.79. The van der Waals surface area contributed by atoms with Crippen molar-refractivity contribution in [3.63, 3.8) is 0 Å². The van der Waals surface area contributed by atoms with Gasteiger partial charge < -0.3 is 4.74 Å². The Labute approximate surface area is 92.1 Å². The minimum absolute atomic E-state index is 0.131. The fraction of sp³-hybridized carbons (Fsp3) is 0.818. The van der Waals surface area contributed by atoms with Gasteiger partial charge in [-0.15, -0.1) is 11.8 Å². The molecule has 3 N–H and O–H groups in total. The quantitative estimate of drug-likeness (QED) is 0.389. The highest BCUT2D eigenvalue weighted by atomic mass is 16.5. The van der Waals surface area contributed by atoms with Crippen LogP contribution in [0.4, 0.5) is 0 Å². The van der Waals surface area contributed by atoms with Gasteiger partial charge in [-0.25, -0.2) is 0 Å². The van der Waals surface area contributed by atoms with Crippen LogP contribution in [0.25, 0.3) is 0 Å². The van der Waals surface area contributed by atoms with E-state index in [1.165, 1.54) is 0 Å². The fourth-order valence-corrected chi connectivity index (χ4v) is 1.77. The molecular formula is C11H21N3O. The van der Waals surface area contributed by atoms with Gasteiger partial charge >= 0.3 is 0 Å². The summed E-state index contributed by atoms with van der Waals surface area (Å²) in [5, 5.41) is 0. The molecule has 1 rings (SSSR count). The number of nitrogens with two attached hydrogens (primary N) is 1. The van der Waals surface area contributed by atoms with Crippen LogP contribution < -0.4 is 11.3 Å². The molecule has 4 nitrogen and oxygen atoms in total. The molecule has 0 radical (unpaired) electrons. The Bertz CT molecular complexity index is 234. The predicted octanol–water partition coefficient (Wildman–Crippen LogP) is -0.0476. The van der Waals surface area contributed by atoms with Gasteiger partial charge in [0.1, 0.15) is 0 Å². The molecule has 86 valence electrons. The Kier molecular flexibility index (Phi) is 5.66. The fourth-order valence-electron chi connectivity index (χ4n) is 1.77. The second-order valence-electron chi connectivity index (χ2n) is 3.71. The molecule has 0 amide bonds. The van der Waals surface area contributed by atoms with Gasteiger partial charge in [0.15, 0.2) is 0 Å². The molecule has 2 atom stereocenters. The standard InChI is InChI=1S/C11H21N3O/c1-3-5-6-10(13-12)11-9-14(4-2)7-8-15-11/h10-11,13H,4,6-9,12H2,1-2H3. The summed E-state index contributed by atoms with van der Waals surface area (Å²) in [4.78, 5) is 2.37. The smallest absolute Gasteiger partial charge is 0.0878 e. The van der Waals surface area contributed by atoms with Gasteiger partial charge in [-0.2, -0.15) is 0 Å². The van der Waals surface area contributed by atoms with E-state index >= 15 is 0 Å². The maximum absolute atomic E-state index is 5.71. The second kappa shape index (κ2) is 6.81. The summed E-state index contributed by atoms with van der Waals surface area (Å²) < 4.78 is 5.71. The van der Waals surface area contributed by atoms with E-state index in [0.29, 0.717) is 0 Å². The maximum atomic E-state index is 5.71. The van der Waals surface area contributed by atoms with Gasteiger partial charge in [-0.1, -0.05) is 6.92 Å².